The van der Waals surface area contributed by atoms with E-state index >= 15 is 0 Å². The maximum absolute atomic E-state index is 12.3. The minimum Gasteiger partial charge on any atom is -0.489 e. The van der Waals surface area contributed by atoms with Gasteiger partial charge in [0, 0.05) is 13.1 Å². The lowest BCUT2D eigenvalue weighted by atomic mass is 10.2. The van der Waals surface area contributed by atoms with E-state index in [1.54, 1.807) is 25.1 Å². The standard InChI is InChI=1S/C20H24N2O7S/c1-13-18(14(2)29-21-13)10-27-17-6-4-5-15(9-17)20(24)28-11-19(23)22(3)16-7-8-30(25,26)12-16/h4-6,9,16H,7-8,10-12H2,1-3H3/t16-/m0/s1. The van der Waals surface area contributed by atoms with Crippen molar-refractivity contribution in [1.82, 2.24) is 10.1 Å². The van der Waals surface area contributed by atoms with E-state index < -0.39 is 28.3 Å². The summed E-state index contributed by atoms with van der Waals surface area (Å²) < 4.78 is 39.1. The van der Waals surface area contributed by atoms with Crippen LogP contribution in [0.25, 0.3) is 0 Å². The molecule has 1 amide bonds. The molecule has 2 heterocycles. The van der Waals surface area contributed by atoms with Crippen LogP contribution in [0.4, 0.5) is 0 Å². The summed E-state index contributed by atoms with van der Waals surface area (Å²) in [4.78, 5) is 25.9. The molecule has 1 saturated heterocycles. The molecule has 1 fully saturated rings. The maximum atomic E-state index is 12.3. The zero-order valence-corrected chi connectivity index (χ0v) is 17.9. The molecule has 1 aliphatic rings. The third kappa shape index (κ3) is 5.18. The van der Waals surface area contributed by atoms with Crippen molar-refractivity contribution in [1.29, 1.82) is 0 Å². The van der Waals surface area contributed by atoms with Crippen LogP contribution in [0.5, 0.6) is 5.75 Å². The fourth-order valence-electron chi connectivity index (χ4n) is 3.17. The lowest BCUT2D eigenvalue weighted by Crippen LogP contribution is -2.40. The summed E-state index contributed by atoms with van der Waals surface area (Å²) in [7, 11) is -1.59. The van der Waals surface area contributed by atoms with E-state index in [1.165, 1.54) is 18.0 Å². The number of aromatic nitrogens is 1. The van der Waals surface area contributed by atoms with Gasteiger partial charge in [0.25, 0.3) is 5.91 Å². The number of nitrogens with zero attached hydrogens (tertiary/aromatic N) is 2. The van der Waals surface area contributed by atoms with Gasteiger partial charge in [-0.25, -0.2) is 13.2 Å². The quantitative estimate of drug-likeness (QED) is 0.602. The summed E-state index contributed by atoms with van der Waals surface area (Å²) in [6.07, 6.45) is 0.392. The second-order valence-electron chi connectivity index (χ2n) is 7.26. The van der Waals surface area contributed by atoms with Crippen molar-refractivity contribution in [3.05, 3.63) is 46.8 Å². The first-order chi connectivity index (χ1) is 14.2. The van der Waals surface area contributed by atoms with Crippen molar-refractivity contribution in [3.63, 3.8) is 0 Å². The molecule has 3 rings (SSSR count). The Bertz CT molecular complexity index is 1030. The average Bonchev–Trinajstić information content (AvgIpc) is 3.24. The molecule has 0 spiro atoms. The molecule has 9 nitrogen and oxygen atoms in total. The van der Waals surface area contributed by atoms with Crippen molar-refractivity contribution >= 4 is 21.7 Å². The van der Waals surface area contributed by atoms with Crippen LogP contribution in [-0.4, -0.2) is 61.6 Å². The largest absolute Gasteiger partial charge is 0.489 e. The van der Waals surface area contributed by atoms with Crippen LogP contribution in [0.2, 0.25) is 0 Å². The molecule has 0 saturated carbocycles. The molecule has 1 aromatic heterocycles. The number of esters is 1. The molecule has 1 atom stereocenters. The van der Waals surface area contributed by atoms with E-state index in [-0.39, 0.29) is 29.7 Å². The van der Waals surface area contributed by atoms with Crippen LogP contribution >= 0.6 is 0 Å². The number of sulfone groups is 1. The molecule has 10 heteroatoms. The summed E-state index contributed by atoms with van der Waals surface area (Å²) in [5.74, 6) is 0.0170. The Morgan fingerprint density at radius 1 is 1.30 bits per heavy atom. The number of aryl methyl sites for hydroxylation is 2. The van der Waals surface area contributed by atoms with Crippen LogP contribution in [0.3, 0.4) is 0 Å². The first kappa shape index (κ1) is 21.8. The van der Waals surface area contributed by atoms with E-state index in [1.807, 2.05) is 6.92 Å². The molecule has 0 unspecified atom stereocenters. The van der Waals surface area contributed by atoms with Crippen LogP contribution in [0.1, 0.15) is 33.8 Å². The van der Waals surface area contributed by atoms with Gasteiger partial charge in [0.05, 0.1) is 28.3 Å². The Balaban J connectivity index is 1.54. The second kappa shape index (κ2) is 8.86. The molecule has 0 bridgehead atoms. The van der Waals surface area contributed by atoms with Crippen molar-refractivity contribution < 1.29 is 32.0 Å². The summed E-state index contributed by atoms with van der Waals surface area (Å²) in [5.41, 5.74) is 1.82. The number of rotatable bonds is 7. The zero-order valence-electron chi connectivity index (χ0n) is 17.1. The molecule has 162 valence electrons. The van der Waals surface area contributed by atoms with E-state index in [4.69, 9.17) is 14.0 Å². The zero-order chi connectivity index (χ0) is 21.9. The predicted octanol–water partition coefficient (Wildman–Crippen LogP) is 1.67. The summed E-state index contributed by atoms with van der Waals surface area (Å²) >= 11 is 0. The summed E-state index contributed by atoms with van der Waals surface area (Å²) in [6, 6.07) is 6.05. The first-order valence-electron chi connectivity index (χ1n) is 9.44. The van der Waals surface area contributed by atoms with Crippen molar-refractivity contribution in [2.75, 3.05) is 25.2 Å². The maximum Gasteiger partial charge on any atom is 0.338 e. The summed E-state index contributed by atoms with van der Waals surface area (Å²) in [6.45, 7) is 3.39. The number of likely N-dealkylation sites (N-methyl/N-ethyl adjacent to an activating group) is 1. The molecule has 0 aliphatic carbocycles. The number of benzene rings is 1. The average molecular weight is 436 g/mol. The lowest BCUT2D eigenvalue weighted by molar-refractivity contribution is -0.134. The fraction of sp³-hybridized carbons (Fsp3) is 0.450. The Kier molecular flexibility index (Phi) is 6.45. The number of hydrogen-bond donors (Lipinski definition) is 0. The van der Waals surface area contributed by atoms with Gasteiger partial charge in [0.1, 0.15) is 18.1 Å². The Hall–Kier alpha value is -2.88. The molecule has 0 radical (unpaired) electrons. The third-order valence-electron chi connectivity index (χ3n) is 5.11. The minimum atomic E-state index is -3.11. The van der Waals surface area contributed by atoms with E-state index in [2.05, 4.69) is 5.16 Å². The predicted molar refractivity (Wildman–Crippen MR) is 107 cm³/mol. The van der Waals surface area contributed by atoms with Gasteiger partial charge in [0.15, 0.2) is 16.4 Å². The van der Waals surface area contributed by atoms with E-state index in [0.29, 0.717) is 17.9 Å². The monoisotopic (exact) mass is 436 g/mol. The van der Waals surface area contributed by atoms with Crippen molar-refractivity contribution in [2.24, 2.45) is 0 Å². The highest BCUT2D eigenvalue weighted by molar-refractivity contribution is 7.91. The first-order valence-corrected chi connectivity index (χ1v) is 11.3. The van der Waals surface area contributed by atoms with E-state index in [9.17, 15) is 18.0 Å². The smallest absolute Gasteiger partial charge is 0.338 e. The lowest BCUT2D eigenvalue weighted by Gasteiger charge is -2.23. The van der Waals surface area contributed by atoms with Gasteiger partial charge in [-0.05, 0) is 38.5 Å². The normalized spacial score (nSPS) is 17.5. The van der Waals surface area contributed by atoms with Gasteiger partial charge in [-0.3, -0.25) is 4.79 Å². The van der Waals surface area contributed by atoms with Gasteiger partial charge in [0.2, 0.25) is 0 Å². The molecule has 2 aromatic rings. The van der Waals surface area contributed by atoms with Crippen LogP contribution in [-0.2, 0) is 26.0 Å². The van der Waals surface area contributed by atoms with Crippen LogP contribution in [0.15, 0.2) is 28.8 Å². The summed E-state index contributed by atoms with van der Waals surface area (Å²) in [5, 5.41) is 3.87. The Labute approximate surface area is 174 Å². The number of ether oxygens (including phenoxy) is 2. The number of carbonyl (C=O) groups excluding carboxylic acids is 2. The Morgan fingerprint density at radius 3 is 2.70 bits per heavy atom. The van der Waals surface area contributed by atoms with Crippen LogP contribution in [0, 0.1) is 13.8 Å². The van der Waals surface area contributed by atoms with Gasteiger partial charge in [-0.1, -0.05) is 11.2 Å². The van der Waals surface area contributed by atoms with Gasteiger partial charge >= 0.3 is 5.97 Å². The van der Waals surface area contributed by atoms with Crippen LogP contribution < -0.4 is 4.74 Å². The topological polar surface area (TPSA) is 116 Å². The number of amides is 1. The third-order valence-corrected chi connectivity index (χ3v) is 6.86. The fourth-order valence-corrected chi connectivity index (χ4v) is 4.95. The SMILES string of the molecule is Cc1noc(C)c1COc1cccc(C(=O)OCC(=O)N(C)[C@H]2CCS(=O)(=O)C2)c1. The molecule has 0 N–H and O–H groups in total. The highest BCUT2D eigenvalue weighted by Gasteiger charge is 2.33. The molecule has 30 heavy (non-hydrogen) atoms. The van der Waals surface area contributed by atoms with Gasteiger partial charge < -0.3 is 18.9 Å². The second-order valence-corrected chi connectivity index (χ2v) is 9.49. The molecule has 1 aromatic carbocycles. The minimum absolute atomic E-state index is 0.0618. The highest BCUT2D eigenvalue weighted by Crippen LogP contribution is 2.19. The Morgan fingerprint density at radius 2 is 2.07 bits per heavy atom. The van der Waals surface area contributed by atoms with E-state index in [0.717, 1.165) is 11.3 Å². The molecule has 1 aliphatic heterocycles. The van der Waals surface area contributed by atoms with Gasteiger partial charge in [-0.15, -0.1) is 0 Å². The number of hydrogen-bond acceptors (Lipinski definition) is 8. The number of carbonyl (C=O) groups is 2. The van der Waals surface area contributed by atoms with Crippen molar-refractivity contribution in [3.8, 4) is 5.75 Å². The molecular weight excluding hydrogens is 412 g/mol. The highest BCUT2D eigenvalue weighted by atomic mass is 32.2. The van der Waals surface area contributed by atoms with Crippen molar-refractivity contribution in [2.45, 2.75) is 32.9 Å². The van der Waals surface area contributed by atoms with Gasteiger partial charge in [-0.2, -0.15) is 0 Å². The molecular formula is C20H24N2O7S.